The zero-order valence-electron chi connectivity index (χ0n) is 10.4. The van der Waals surface area contributed by atoms with Gasteiger partial charge in [0.25, 0.3) is 5.91 Å². The number of rotatable bonds is 2. The van der Waals surface area contributed by atoms with Gasteiger partial charge in [0.2, 0.25) is 9.97 Å². The second-order valence-corrected chi connectivity index (χ2v) is 5.12. The Labute approximate surface area is 113 Å². The van der Waals surface area contributed by atoms with Gasteiger partial charge in [-0.1, -0.05) is 29.0 Å². The van der Waals surface area contributed by atoms with Crippen molar-refractivity contribution in [3.05, 3.63) is 40.7 Å². The van der Waals surface area contributed by atoms with Crippen LogP contribution >= 0.6 is 11.3 Å². The highest BCUT2D eigenvalue weighted by molar-refractivity contribution is 7.18. The van der Waals surface area contributed by atoms with Gasteiger partial charge in [-0.3, -0.25) is 4.79 Å². The predicted octanol–water partition coefficient (Wildman–Crippen LogP) is 2.05. The zero-order chi connectivity index (χ0) is 13.4. The van der Waals surface area contributed by atoms with Gasteiger partial charge in [-0.2, -0.15) is 4.52 Å². The molecule has 0 spiro atoms. The number of nitrogens with one attached hydrogen (secondary N) is 1. The SMILES string of the molecule is Cc1ccc(NC(=O)c2nn3c(C)nnc3s2)cc1. The van der Waals surface area contributed by atoms with E-state index in [1.807, 2.05) is 31.2 Å². The van der Waals surface area contributed by atoms with Crippen LogP contribution in [0.1, 0.15) is 21.2 Å². The molecule has 0 unspecified atom stereocenters. The molecule has 1 N–H and O–H groups in total. The van der Waals surface area contributed by atoms with Crippen molar-refractivity contribution in [2.75, 3.05) is 5.32 Å². The third-order valence-electron chi connectivity index (χ3n) is 2.65. The number of carbonyl (C=O) groups is 1. The van der Waals surface area contributed by atoms with E-state index in [9.17, 15) is 4.79 Å². The molecular formula is C12H11N5OS. The van der Waals surface area contributed by atoms with Crippen molar-refractivity contribution in [3.63, 3.8) is 0 Å². The summed E-state index contributed by atoms with van der Waals surface area (Å²) in [4.78, 5) is 12.7. The Balaban J connectivity index is 1.85. The first-order valence-corrected chi connectivity index (χ1v) is 6.52. The maximum absolute atomic E-state index is 12.1. The summed E-state index contributed by atoms with van der Waals surface area (Å²) < 4.78 is 1.56. The van der Waals surface area contributed by atoms with Crippen molar-refractivity contribution in [1.82, 2.24) is 19.8 Å². The van der Waals surface area contributed by atoms with Gasteiger partial charge >= 0.3 is 0 Å². The van der Waals surface area contributed by atoms with Crippen LogP contribution < -0.4 is 5.32 Å². The molecule has 0 fully saturated rings. The van der Waals surface area contributed by atoms with Crippen LogP contribution in [0.3, 0.4) is 0 Å². The van der Waals surface area contributed by atoms with Crippen LogP contribution in [0, 0.1) is 13.8 Å². The number of aryl methyl sites for hydroxylation is 2. The van der Waals surface area contributed by atoms with E-state index in [1.165, 1.54) is 11.3 Å². The fourth-order valence-corrected chi connectivity index (χ4v) is 2.41. The van der Waals surface area contributed by atoms with Crippen LogP contribution in [-0.4, -0.2) is 25.7 Å². The molecule has 3 rings (SSSR count). The van der Waals surface area contributed by atoms with Crippen molar-refractivity contribution in [2.24, 2.45) is 0 Å². The molecule has 0 aliphatic heterocycles. The molecule has 1 amide bonds. The van der Waals surface area contributed by atoms with Crippen molar-refractivity contribution in [3.8, 4) is 0 Å². The number of fused-ring (bicyclic) bond motifs is 1. The Morgan fingerprint density at radius 3 is 2.63 bits per heavy atom. The molecule has 2 aromatic heterocycles. The molecule has 0 aliphatic carbocycles. The Hall–Kier alpha value is -2.28. The minimum Gasteiger partial charge on any atom is -0.320 e. The molecule has 0 saturated carbocycles. The van der Waals surface area contributed by atoms with E-state index in [0.717, 1.165) is 11.3 Å². The number of amides is 1. The van der Waals surface area contributed by atoms with E-state index in [-0.39, 0.29) is 5.91 Å². The van der Waals surface area contributed by atoms with Gasteiger partial charge < -0.3 is 5.32 Å². The van der Waals surface area contributed by atoms with E-state index in [2.05, 4.69) is 20.6 Å². The predicted molar refractivity (Wildman–Crippen MR) is 72.5 cm³/mol. The van der Waals surface area contributed by atoms with Crippen LogP contribution in [0.15, 0.2) is 24.3 Å². The van der Waals surface area contributed by atoms with Crippen LogP contribution in [0.25, 0.3) is 4.96 Å². The second kappa shape index (κ2) is 4.43. The van der Waals surface area contributed by atoms with Crippen molar-refractivity contribution in [2.45, 2.75) is 13.8 Å². The maximum atomic E-state index is 12.1. The van der Waals surface area contributed by atoms with Gasteiger partial charge in [0, 0.05) is 5.69 Å². The first-order valence-electron chi connectivity index (χ1n) is 5.70. The van der Waals surface area contributed by atoms with E-state index < -0.39 is 0 Å². The van der Waals surface area contributed by atoms with E-state index in [0.29, 0.717) is 15.8 Å². The molecule has 6 nitrogen and oxygen atoms in total. The summed E-state index contributed by atoms with van der Waals surface area (Å²) in [5, 5.41) is 15.2. The van der Waals surface area contributed by atoms with Crippen molar-refractivity contribution < 1.29 is 4.79 Å². The lowest BCUT2D eigenvalue weighted by atomic mass is 10.2. The Bertz CT molecular complexity index is 743. The molecule has 0 bridgehead atoms. The number of hydrogen-bond donors (Lipinski definition) is 1. The summed E-state index contributed by atoms with van der Waals surface area (Å²) in [6, 6.07) is 7.61. The third-order valence-corrected chi connectivity index (χ3v) is 3.55. The highest BCUT2D eigenvalue weighted by atomic mass is 32.1. The van der Waals surface area contributed by atoms with E-state index in [1.54, 1.807) is 11.4 Å². The minimum absolute atomic E-state index is 0.237. The standard InChI is InChI=1S/C12H11N5OS/c1-7-3-5-9(6-4-7)13-10(18)11-16-17-8(2)14-15-12(17)19-11/h3-6H,1-2H3,(H,13,18). The molecule has 1 aromatic carbocycles. The normalized spacial score (nSPS) is 10.8. The molecule has 3 aromatic rings. The molecule has 0 saturated heterocycles. The number of hydrogen-bond acceptors (Lipinski definition) is 5. The molecule has 2 heterocycles. The minimum atomic E-state index is -0.237. The lowest BCUT2D eigenvalue weighted by Crippen LogP contribution is -2.12. The maximum Gasteiger partial charge on any atom is 0.286 e. The van der Waals surface area contributed by atoms with Crippen molar-refractivity contribution in [1.29, 1.82) is 0 Å². The largest absolute Gasteiger partial charge is 0.320 e. The lowest BCUT2D eigenvalue weighted by molar-refractivity contribution is 0.102. The highest BCUT2D eigenvalue weighted by Crippen LogP contribution is 2.16. The Kier molecular flexibility index (Phi) is 2.75. The molecule has 0 atom stereocenters. The average Bonchev–Trinajstić information content (AvgIpc) is 2.95. The average molecular weight is 273 g/mol. The van der Waals surface area contributed by atoms with Crippen LogP contribution in [-0.2, 0) is 0 Å². The zero-order valence-corrected chi connectivity index (χ0v) is 11.2. The number of nitrogens with zero attached hydrogens (tertiary/aromatic N) is 4. The number of aromatic nitrogens is 4. The molecule has 0 aliphatic rings. The van der Waals surface area contributed by atoms with Crippen LogP contribution in [0.5, 0.6) is 0 Å². The van der Waals surface area contributed by atoms with Gasteiger partial charge in [0.15, 0.2) is 5.82 Å². The fourth-order valence-electron chi connectivity index (χ4n) is 1.63. The summed E-state index contributed by atoms with van der Waals surface area (Å²) in [7, 11) is 0. The highest BCUT2D eigenvalue weighted by Gasteiger charge is 2.15. The molecular weight excluding hydrogens is 262 g/mol. The summed E-state index contributed by atoms with van der Waals surface area (Å²) >= 11 is 1.21. The molecule has 7 heteroatoms. The molecule has 0 radical (unpaired) electrons. The first-order chi connectivity index (χ1) is 9.13. The van der Waals surface area contributed by atoms with Gasteiger partial charge in [0.1, 0.15) is 0 Å². The summed E-state index contributed by atoms with van der Waals surface area (Å²) in [6.07, 6.45) is 0. The van der Waals surface area contributed by atoms with Gasteiger partial charge in [0.05, 0.1) is 0 Å². The fraction of sp³-hybridized carbons (Fsp3) is 0.167. The number of carbonyl (C=O) groups excluding carboxylic acids is 1. The first kappa shape index (κ1) is 11.8. The smallest absolute Gasteiger partial charge is 0.286 e. The van der Waals surface area contributed by atoms with Gasteiger partial charge in [-0.25, -0.2) is 0 Å². The number of anilines is 1. The Morgan fingerprint density at radius 1 is 1.21 bits per heavy atom. The quantitative estimate of drug-likeness (QED) is 0.775. The van der Waals surface area contributed by atoms with Gasteiger partial charge in [-0.15, -0.1) is 15.3 Å². The molecule has 96 valence electrons. The molecule has 19 heavy (non-hydrogen) atoms. The van der Waals surface area contributed by atoms with Crippen LogP contribution in [0.2, 0.25) is 0 Å². The van der Waals surface area contributed by atoms with Gasteiger partial charge in [-0.05, 0) is 26.0 Å². The summed E-state index contributed by atoms with van der Waals surface area (Å²) in [5.74, 6) is 0.430. The van der Waals surface area contributed by atoms with E-state index in [4.69, 9.17) is 0 Å². The lowest BCUT2D eigenvalue weighted by Gasteiger charge is -2.02. The van der Waals surface area contributed by atoms with E-state index >= 15 is 0 Å². The third kappa shape index (κ3) is 2.19. The summed E-state index contributed by atoms with van der Waals surface area (Å²) in [6.45, 7) is 3.79. The second-order valence-electron chi connectivity index (χ2n) is 4.17. The number of benzene rings is 1. The topological polar surface area (TPSA) is 72.2 Å². The van der Waals surface area contributed by atoms with Crippen LogP contribution in [0.4, 0.5) is 5.69 Å². The Morgan fingerprint density at radius 2 is 1.95 bits per heavy atom. The monoisotopic (exact) mass is 273 g/mol. The summed E-state index contributed by atoms with van der Waals surface area (Å²) in [5.41, 5.74) is 1.89. The van der Waals surface area contributed by atoms with Crippen molar-refractivity contribution >= 4 is 27.9 Å².